The van der Waals surface area contributed by atoms with E-state index in [4.69, 9.17) is 0 Å². The van der Waals surface area contributed by atoms with Crippen molar-refractivity contribution in [3.63, 3.8) is 0 Å². The molecule has 1 atom stereocenters. The minimum absolute atomic E-state index is 0.830. The Kier molecular flexibility index (Phi) is 3.78. The number of rotatable bonds is 2. The van der Waals surface area contributed by atoms with Gasteiger partial charge in [-0.3, -0.25) is 0 Å². The molecule has 0 saturated heterocycles. The van der Waals surface area contributed by atoms with Crippen LogP contribution in [-0.4, -0.2) is 32.4 Å². The zero-order chi connectivity index (χ0) is 18.5. The van der Waals surface area contributed by atoms with E-state index in [1.165, 1.54) is 22.6 Å². The minimum atomic E-state index is -2.13. The van der Waals surface area contributed by atoms with Crippen LogP contribution in [0.25, 0.3) is 16.8 Å². The number of hydrogen-bond acceptors (Lipinski definition) is 3. The summed E-state index contributed by atoms with van der Waals surface area (Å²) in [6.07, 6.45) is 0. The molecule has 2 aliphatic heterocycles. The predicted octanol–water partition coefficient (Wildman–Crippen LogP) is 3.30. The third kappa shape index (κ3) is 2.48. The summed E-state index contributed by atoms with van der Waals surface area (Å²) >= 11 is -2.13. The van der Waals surface area contributed by atoms with Gasteiger partial charge in [0.2, 0.25) is 0 Å². The average molecular weight is 419 g/mol. The first-order valence-corrected chi connectivity index (χ1v) is 11.5. The fraction of sp³-hybridized carbons (Fsp3) is 0.130. The number of allylic oxidation sites excluding steroid dienone is 1. The van der Waals surface area contributed by atoms with E-state index in [0.717, 1.165) is 26.7 Å². The van der Waals surface area contributed by atoms with E-state index in [9.17, 15) is 3.83 Å². The number of para-hydroxylation sites is 1. The van der Waals surface area contributed by atoms with E-state index in [2.05, 4.69) is 72.3 Å². The summed E-state index contributed by atoms with van der Waals surface area (Å²) in [5.74, 6) is 0. The maximum atomic E-state index is 12.9. The second-order valence-corrected chi connectivity index (χ2v) is 9.99. The molecule has 0 radical (unpaired) electrons. The summed E-state index contributed by atoms with van der Waals surface area (Å²) in [6, 6.07) is 25.0. The molecule has 0 spiro atoms. The molecule has 27 heavy (non-hydrogen) atoms. The fourth-order valence-corrected chi connectivity index (χ4v) is 7.01. The standard InChI is InChI=1S/C23H20N2OSe/c1-16-23(24(2)15-25(16)18-8-4-3-5-9-18)17-12-13-22-20(14-17)19-10-6-7-11-21(19)27(22)26/h3-14H,15H2,1-2H3. The molecule has 5 rings (SSSR count). The zero-order valence-electron chi connectivity index (χ0n) is 15.3. The van der Waals surface area contributed by atoms with Crippen LogP contribution in [0, 0.1) is 0 Å². The Labute approximate surface area is 163 Å². The number of fused-ring (bicyclic) bond motifs is 3. The van der Waals surface area contributed by atoms with Gasteiger partial charge in [-0.2, -0.15) is 0 Å². The van der Waals surface area contributed by atoms with Crippen LogP contribution in [0.4, 0.5) is 5.69 Å². The summed E-state index contributed by atoms with van der Waals surface area (Å²) in [5, 5.41) is 0. The number of benzene rings is 3. The van der Waals surface area contributed by atoms with Gasteiger partial charge in [0, 0.05) is 0 Å². The summed E-state index contributed by atoms with van der Waals surface area (Å²) in [5.41, 5.74) is 7.12. The molecule has 3 nitrogen and oxygen atoms in total. The Morgan fingerprint density at radius 1 is 0.852 bits per heavy atom. The van der Waals surface area contributed by atoms with Crippen LogP contribution in [0.1, 0.15) is 12.5 Å². The molecule has 0 aromatic heterocycles. The van der Waals surface area contributed by atoms with E-state index in [1.54, 1.807) is 0 Å². The van der Waals surface area contributed by atoms with Gasteiger partial charge in [0.25, 0.3) is 0 Å². The van der Waals surface area contributed by atoms with Gasteiger partial charge < -0.3 is 0 Å². The Morgan fingerprint density at radius 3 is 2.37 bits per heavy atom. The van der Waals surface area contributed by atoms with E-state index in [1.807, 2.05) is 24.3 Å². The Hall–Kier alpha value is -2.68. The first kappa shape index (κ1) is 16.5. The maximum absolute atomic E-state index is 12.9. The number of anilines is 1. The zero-order valence-corrected chi connectivity index (χ0v) is 17.1. The van der Waals surface area contributed by atoms with Gasteiger partial charge in [-0.05, 0) is 0 Å². The van der Waals surface area contributed by atoms with Crippen molar-refractivity contribution >= 4 is 34.1 Å². The molecule has 3 aromatic rings. The molecule has 1 unspecified atom stereocenters. The molecular weight excluding hydrogens is 399 g/mol. The van der Waals surface area contributed by atoms with Crippen molar-refractivity contribution < 1.29 is 3.83 Å². The topological polar surface area (TPSA) is 23.6 Å². The van der Waals surface area contributed by atoms with E-state index < -0.39 is 13.8 Å². The van der Waals surface area contributed by atoms with Crippen LogP contribution >= 0.6 is 0 Å². The van der Waals surface area contributed by atoms with Crippen LogP contribution < -0.4 is 13.8 Å². The van der Waals surface area contributed by atoms with Crippen LogP contribution in [0.15, 0.2) is 78.5 Å². The molecule has 0 bridgehead atoms. The summed E-state index contributed by atoms with van der Waals surface area (Å²) in [6.45, 7) is 3.01. The van der Waals surface area contributed by atoms with Gasteiger partial charge in [0.1, 0.15) is 0 Å². The average Bonchev–Trinajstić information content (AvgIpc) is 3.16. The van der Waals surface area contributed by atoms with Gasteiger partial charge in [-0.1, -0.05) is 0 Å². The van der Waals surface area contributed by atoms with E-state index in [0.29, 0.717) is 0 Å². The molecule has 134 valence electrons. The van der Waals surface area contributed by atoms with E-state index in [-0.39, 0.29) is 0 Å². The summed E-state index contributed by atoms with van der Waals surface area (Å²) in [7, 11) is 2.13. The fourth-order valence-electron chi connectivity index (χ4n) is 4.12. The van der Waals surface area contributed by atoms with Crippen LogP contribution in [-0.2, 0) is 3.83 Å². The Morgan fingerprint density at radius 2 is 1.56 bits per heavy atom. The summed E-state index contributed by atoms with van der Waals surface area (Å²) < 4.78 is 14.9. The first-order chi connectivity index (χ1) is 13.1. The number of nitrogens with zero attached hydrogens (tertiary/aromatic N) is 2. The van der Waals surface area contributed by atoms with Crippen molar-refractivity contribution in [3.05, 3.63) is 84.1 Å². The molecule has 2 aliphatic rings. The number of hydrogen-bond donors (Lipinski definition) is 0. The Bertz CT molecular complexity index is 1100. The van der Waals surface area contributed by atoms with Crippen molar-refractivity contribution in [1.29, 1.82) is 0 Å². The monoisotopic (exact) mass is 420 g/mol. The van der Waals surface area contributed by atoms with Gasteiger partial charge in [0.15, 0.2) is 0 Å². The predicted molar refractivity (Wildman–Crippen MR) is 112 cm³/mol. The van der Waals surface area contributed by atoms with Crippen molar-refractivity contribution in [2.75, 3.05) is 18.6 Å². The van der Waals surface area contributed by atoms with Gasteiger partial charge in [-0.15, -0.1) is 0 Å². The molecular formula is C23H20N2OSe. The Balaban J connectivity index is 1.62. The summed E-state index contributed by atoms with van der Waals surface area (Å²) in [4.78, 5) is 4.62. The molecule has 0 amide bonds. The van der Waals surface area contributed by atoms with Crippen LogP contribution in [0.2, 0.25) is 0 Å². The van der Waals surface area contributed by atoms with E-state index >= 15 is 0 Å². The van der Waals surface area contributed by atoms with Gasteiger partial charge >= 0.3 is 164 Å². The van der Waals surface area contributed by atoms with Crippen molar-refractivity contribution in [2.24, 2.45) is 0 Å². The molecule has 0 fully saturated rings. The molecule has 0 saturated carbocycles. The quantitative estimate of drug-likeness (QED) is 0.466. The molecule has 3 aromatic carbocycles. The van der Waals surface area contributed by atoms with Crippen LogP contribution in [0.3, 0.4) is 0 Å². The SMILES string of the molecule is CC1=C(c2ccc3c(c2)-c2ccccc2[Se]3=O)N(C)CN1c1ccccc1. The molecule has 0 N–H and O–H groups in total. The third-order valence-corrected chi connectivity index (χ3v) is 8.55. The molecule has 0 aliphatic carbocycles. The second kappa shape index (κ2) is 6.19. The van der Waals surface area contributed by atoms with Crippen molar-refractivity contribution in [3.8, 4) is 11.1 Å². The first-order valence-electron chi connectivity index (χ1n) is 9.05. The molecule has 4 heteroatoms. The second-order valence-electron chi connectivity index (χ2n) is 7.01. The van der Waals surface area contributed by atoms with Gasteiger partial charge in [-0.25, -0.2) is 0 Å². The van der Waals surface area contributed by atoms with Crippen LogP contribution in [0.5, 0.6) is 0 Å². The van der Waals surface area contributed by atoms with Crippen molar-refractivity contribution in [1.82, 2.24) is 4.90 Å². The molecule has 2 heterocycles. The normalized spacial score (nSPS) is 18.1. The van der Waals surface area contributed by atoms with Gasteiger partial charge in [0.05, 0.1) is 0 Å². The third-order valence-electron chi connectivity index (χ3n) is 5.38. The van der Waals surface area contributed by atoms with Crippen molar-refractivity contribution in [2.45, 2.75) is 6.92 Å².